The quantitative estimate of drug-likeness (QED) is 0.581. The van der Waals surface area contributed by atoms with Crippen molar-refractivity contribution in [1.82, 2.24) is 0 Å². The standard InChI is InChI=1S/C10H14O4/c11-7-2-3-8(9(12)6-7)10-13-4-1-5-14-10/h8,10H,1-6H2. The lowest BCUT2D eigenvalue weighted by Crippen LogP contribution is -2.39. The molecule has 2 aliphatic rings. The molecule has 1 aliphatic carbocycles. The number of carbonyl (C=O) groups is 2. The molecule has 1 aliphatic heterocycles. The Labute approximate surface area is 82.6 Å². The van der Waals surface area contributed by atoms with Crippen LogP contribution in [0.3, 0.4) is 0 Å². The summed E-state index contributed by atoms with van der Waals surface area (Å²) < 4.78 is 10.7. The molecular weight excluding hydrogens is 184 g/mol. The second-order valence-corrected chi connectivity index (χ2v) is 3.79. The highest BCUT2D eigenvalue weighted by molar-refractivity contribution is 6.02. The first kappa shape index (κ1) is 9.80. The fourth-order valence-corrected chi connectivity index (χ4v) is 1.92. The summed E-state index contributed by atoms with van der Waals surface area (Å²) in [5, 5.41) is 0. The Morgan fingerprint density at radius 3 is 2.50 bits per heavy atom. The highest BCUT2D eigenvalue weighted by Crippen LogP contribution is 2.25. The molecule has 0 radical (unpaired) electrons. The first-order valence-electron chi connectivity index (χ1n) is 5.05. The van der Waals surface area contributed by atoms with E-state index in [1.54, 1.807) is 0 Å². The van der Waals surface area contributed by atoms with Gasteiger partial charge in [-0.2, -0.15) is 0 Å². The summed E-state index contributed by atoms with van der Waals surface area (Å²) >= 11 is 0. The molecular formula is C10H14O4. The van der Waals surface area contributed by atoms with Crippen molar-refractivity contribution < 1.29 is 19.1 Å². The molecule has 1 unspecified atom stereocenters. The van der Waals surface area contributed by atoms with Crippen LogP contribution in [0, 0.1) is 5.92 Å². The highest BCUT2D eigenvalue weighted by atomic mass is 16.7. The lowest BCUT2D eigenvalue weighted by Gasteiger charge is -2.31. The average Bonchev–Trinajstić information content (AvgIpc) is 2.19. The van der Waals surface area contributed by atoms with Crippen LogP contribution in [0.2, 0.25) is 0 Å². The minimum absolute atomic E-state index is 0.0202. The molecule has 0 N–H and O–H groups in total. The molecule has 0 amide bonds. The molecule has 1 saturated carbocycles. The summed E-state index contributed by atoms with van der Waals surface area (Å²) in [6.45, 7) is 1.31. The van der Waals surface area contributed by atoms with E-state index in [9.17, 15) is 9.59 Å². The minimum Gasteiger partial charge on any atom is -0.352 e. The van der Waals surface area contributed by atoms with Crippen LogP contribution in [0.15, 0.2) is 0 Å². The average molecular weight is 198 g/mol. The van der Waals surface area contributed by atoms with Gasteiger partial charge >= 0.3 is 0 Å². The zero-order valence-electron chi connectivity index (χ0n) is 8.03. The molecule has 1 saturated heterocycles. The second-order valence-electron chi connectivity index (χ2n) is 3.79. The predicted molar refractivity (Wildman–Crippen MR) is 47.7 cm³/mol. The predicted octanol–water partition coefficient (Wildman–Crippen LogP) is 0.688. The number of hydrogen-bond donors (Lipinski definition) is 0. The summed E-state index contributed by atoms with van der Waals surface area (Å²) in [5.41, 5.74) is 0. The molecule has 1 atom stereocenters. The Balaban J connectivity index is 1.95. The maximum atomic E-state index is 11.5. The molecule has 4 nitrogen and oxygen atoms in total. The van der Waals surface area contributed by atoms with Gasteiger partial charge in [0.25, 0.3) is 0 Å². The van der Waals surface area contributed by atoms with Crippen LogP contribution in [-0.2, 0) is 19.1 Å². The molecule has 0 aromatic heterocycles. The number of Topliss-reactive ketones (excluding diaryl/α,β-unsaturated/α-hetero) is 2. The third-order valence-corrected chi connectivity index (χ3v) is 2.70. The molecule has 1 heterocycles. The molecule has 0 bridgehead atoms. The summed E-state index contributed by atoms with van der Waals surface area (Å²) in [5.74, 6) is -0.191. The van der Waals surface area contributed by atoms with Crippen LogP contribution >= 0.6 is 0 Å². The van der Waals surface area contributed by atoms with E-state index in [0.717, 1.165) is 6.42 Å². The molecule has 2 rings (SSSR count). The van der Waals surface area contributed by atoms with Crippen molar-refractivity contribution in [2.24, 2.45) is 5.92 Å². The topological polar surface area (TPSA) is 52.6 Å². The van der Waals surface area contributed by atoms with Crippen molar-refractivity contribution in [2.75, 3.05) is 13.2 Å². The van der Waals surface area contributed by atoms with Crippen molar-refractivity contribution in [3.63, 3.8) is 0 Å². The zero-order valence-corrected chi connectivity index (χ0v) is 8.03. The summed E-state index contributed by atoms with van der Waals surface area (Å²) in [7, 11) is 0. The maximum Gasteiger partial charge on any atom is 0.167 e. The fraction of sp³-hybridized carbons (Fsp3) is 0.800. The van der Waals surface area contributed by atoms with E-state index in [1.165, 1.54) is 0 Å². The van der Waals surface area contributed by atoms with Crippen molar-refractivity contribution >= 4 is 11.6 Å². The van der Waals surface area contributed by atoms with Gasteiger partial charge in [0.1, 0.15) is 11.6 Å². The Morgan fingerprint density at radius 1 is 1.14 bits per heavy atom. The Bertz CT molecular complexity index is 243. The van der Waals surface area contributed by atoms with Gasteiger partial charge in [0, 0.05) is 6.42 Å². The minimum atomic E-state index is -0.399. The number of ketones is 2. The molecule has 0 aromatic carbocycles. The number of carbonyl (C=O) groups excluding carboxylic acids is 2. The molecule has 14 heavy (non-hydrogen) atoms. The van der Waals surface area contributed by atoms with Crippen molar-refractivity contribution in [2.45, 2.75) is 32.0 Å². The normalized spacial score (nSPS) is 30.7. The van der Waals surface area contributed by atoms with E-state index < -0.39 is 6.29 Å². The van der Waals surface area contributed by atoms with Crippen molar-refractivity contribution in [1.29, 1.82) is 0 Å². The van der Waals surface area contributed by atoms with E-state index in [1.807, 2.05) is 0 Å². The highest BCUT2D eigenvalue weighted by Gasteiger charge is 2.35. The van der Waals surface area contributed by atoms with E-state index in [0.29, 0.717) is 26.1 Å². The Kier molecular flexibility index (Phi) is 2.93. The van der Waals surface area contributed by atoms with Crippen molar-refractivity contribution in [3.8, 4) is 0 Å². The van der Waals surface area contributed by atoms with Gasteiger partial charge in [-0.3, -0.25) is 9.59 Å². The van der Waals surface area contributed by atoms with E-state index in [4.69, 9.17) is 9.47 Å². The summed E-state index contributed by atoms with van der Waals surface area (Å²) in [6, 6.07) is 0. The summed E-state index contributed by atoms with van der Waals surface area (Å²) in [4.78, 5) is 22.5. The van der Waals surface area contributed by atoms with E-state index in [-0.39, 0.29) is 23.9 Å². The second kappa shape index (κ2) is 4.19. The van der Waals surface area contributed by atoms with Crippen LogP contribution in [0.4, 0.5) is 0 Å². The molecule has 78 valence electrons. The van der Waals surface area contributed by atoms with Gasteiger partial charge < -0.3 is 9.47 Å². The SMILES string of the molecule is O=C1CCC(C2OCCCO2)C(=O)C1. The number of rotatable bonds is 1. The maximum absolute atomic E-state index is 11.5. The van der Waals surface area contributed by atoms with Gasteiger partial charge in [0.2, 0.25) is 0 Å². The van der Waals surface area contributed by atoms with E-state index in [2.05, 4.69) is 0 Å². The largest absolute Gasteiger partial charge is 0.352 e. The smallest absolute Gasteiger partial charge is 0.167 e. The van der Waals surface area contributed by atoms with Gasteiger partial charge in [-0.1, -0.05) is 0 Å². The first-order valence-corrected chi connectivity index (χ1v) is 5.05. The monoisotopic (exact) mass is 198 g/mol. The molecule has 0 aromatic rings. The third-order valence-electron chi connectivity index (χ3n) is 2.70. The summed E-state index contributed by atoms with van der Waals surface area (Å²) in [6.07, 6.45) is 1.62. The lowest BCUT2D eigenvalue weighted by atomic mass is 9.86. The fourth-order valence-electron chi connectivity index (χ4n) is 1.92. The van der Waals surface area contributed by atoms with Crippen LogP contribution in [0.5, 0.6) is 0 Å². The number of ether oxygens (including phenoxy) is 2. The van der Waals surface area contributed by atoms with Crippen molar-refractivity contribution in [3.05, 3.63) is 0 Å². The van der Waals surface area contributed by atoms with Crippen LogP contribution < -0.4 is 0 Å². The Hall–Kier alpha value is -0.740. The molecule has 2 fully saturated rings. The Morgan fingerprint density at radius 2 is 1.86 bits per heavy atom. The van der Waals surface area contributed by atoms with Crippen LogP contribution in [0.1, 0.15) is 25.7 Å². The molecule has 0 spiro atoms. The van der Waals surface area contributed by atoms with E-state index >= 15 is 0 Å². The third kappa shape index (κ3) is 2.01. The van der Waals surface area contributed by atoms with Gasteiger partial charge in [0.05, 0.1) is 25.6 Å². The molecule has 4 heteroatoms. The van der Waals surface area contributed by atoms with Gasteiger partial charge in [-0.15, -0.1) is 0 Å². The van der Waals surface area contributed by atoms with Crippen LogP contribution in [-0.4, -0.2) is 31.1 Å². The van der Waals surface area contributed by atoms with Gasteiger partial charge in [0.15, 0.2) is 6.29 Å². The lowest BCUT2D eigenvalue weighted by molar-refractivity contribution is -0.207. The van der Waals surface area contributed by atoms with Gasteiger partial charge in [-0.25, -0.2) is 0 Å². The van der Waals surface area contributed by atoms with Crippen LogP contribution in [0.25, 0.3) is 0 Å². The van der Waals surface area contributed by atoms with Gasteiger partial charge in [-0.05, 0) is 12.8 Å². The first-order chi connectivity index (χ1) is 6.77. The zero-order chi connectivity index (χ0) is 9.97. The number of hydrogen-bond acceptors (Lipinski definition) is 4.